The summed E-state index contributed by atoms with van der Waals surface area (Å²) in [6.45, 7) is 2.48. The second-order valence-corrected chi connectivity index (χ2v) is 7.78. The zero-order chi connectivity index (χ0) is 22.2. The molecule has 3 rings (SSSR count). The van der Waals surface area contributed by atoms with E-state index in [0.29, 0.717) is 24.3 Å². The Balaban J connectivity index is 1.84. The van der Waals surface area contributed by atoms with Crippen LogP contribution in [0.4, 0.5) is 5.69 Å². The maximum absolute atomic E-state index is 12.7. The molecule has 31 heavy (non-hydrogen) atoms. The van der Waals surface area contributed by atoms with Crippen molar-refractivity contribution in [3.8, 4) is 0 Å². The van der Waals surface area contributed by atoms with Crippen LogP contribution in [0, 0.1) is 0 Å². The molecule has 1 amide bonds. The van der Waals surface area contributed by atoms with Crippen molar-refractivity contribution in [3.63, 3.8) is 0 Å². The summed E-state index contributed by atoms with van der Waals surface area (Å²) in [5.74, 6) is -0.700. The largest absolute Gasteiger partial charge is 0.462 e. The Labute approximate surface area is 194 Å². The summed E-state index contributed by atoms with van der Waals surface area (Å²) < 4.78 is 5.84. The molecule has 0 aliphatic rings. The van der Waals surface area contributed by atoms with E-state index in [1.807, 2.05) is 18.2 Å². The number of amides is 1. The van der Waals surface area contributed by atoms with Gasteiger partial charge in [0.05, 0.1) is 18.7 Å². The summed E-state index contributed by atoms with van der Waals surface area (Å²) in [5.41, 5.74) is 2.62. The number of aromatic nitrogens is 1. The van der Waals surface area contributed by atoms with E-state index < -0.39 is 0 Å². The highest BCUT2D eigenvalue weighted by Gasteiger charge is 2.17. The molecule has 1 N–H and O–H groups in total. The fraction of sp³-hybridized carbons (Fsp3) is 0.130. The lowest BCUT2D eigenvalue weighted by Gasteiger charge is -2.26. The minimum atomic E-state index is -0.389. The van der Waals surface area contributed by atoms with Crippen molar-refractivity contribution in [2.24, 2.45) is 0 Å². The van der Waals surface area contributed by atoms with Gasteiger partial charge in [-0.2, -0.15) is 0 Å². The molecule has 158 valence electrons. The topological polar surface area (TPSA) is 71.5 Å². The van der Waals surface area contributed by atoms with E-state index in [9.17, 15) is 9.59 Å². The first-order valence-electron chi connectivity index (χ1n) is 9.52. The maximum Gasteiger partial charge on any atom is 0.338 e. The van der Waals surface area contributed by atoms with E-state index in [4.69, 9.17) is 17.0 Å². The van der Waals surface area contributed by atoms with Crippen LogP contribution in [0.25, 0.3) is 0 Å². The normalized spacial score (nSPS) is 10.3. The second-order valence-electron chi connectivity index (χ2n) is 6.48. The molecule has 6 nitrogen and oxygen atoms in total. The number of hydrogen-bond donors (Lipinski definition) is 1. The molecule has 1 aromatic heterocycles. The maximum atomic E-state index is 12.7. The Kier molecular flexibility index (Phi) is 7.86. The molecule has 0 unspecified atom stereocenters. The predicted octanol–water partition coefficient (Wildman–Crippen LogP) is 4.74. The number of rotatable bonds is 6. The molecule has 3 aromatic rings. The number of nitrogens with zero attached hydrogens (tertiary/aromatic N) is 2. The summed E-state index contributed by atoms with van der Waals surface area (Å²) in [7, 11) is 0. The van der Waals surface area contributed by atoms with Crippen molar-refractivity contribution in [2.45, 2.75) is 13.5 Å². The van der Waals surface area contributed by atoms with Gasteiger partial charge in [0.25, 0.3) is 5.91 Å². The van der Waals surface area contributed by atoms with E-state index in [0.717, 1.165) is 15.7 Å². The molecule has 0 saturated carbocycles. The van der Waals surface area contributed by atoms with E-state index in [-0.39, 0.29) is 17.0 Å². The molecular formula is C23H20BrN3O3S. The third-order valence-corrected chi connectivity index (χ3v) is 5.15. The highest BCUT2D eigenvalue weighted by atomic mass is 79.9. The average Bonchev–Trinajstić information content (AvgIpc) is 2.78. The lowest BCUT2D eigenvalue weighted by atomic mass is 10.1. The lowest BCUT2D eigenvalue weighted by Crippen LogP contribution is -2.42. The molecule has 0 saturated heterocycles. The van der Waals surface area contributed by atoms with Crippen LogP contribution >= 0.6 is 28.1 Å². The molecule has 8 heteroatoms. The molecule has 1 heterocycles. The van der Waals surface area contributed by atoms with Crippen molar-refractivity contribution in [1.82, 2.24) is 10.3 Å². The summed E-state index contributed by atoms with van der Waals surface area (Å²) >= 11 is 8.94. The van der Waals surface area contributed by atoms with Gasteiger partial charge in [-0.25, -0.2) is 4.79 Å². The molecule has 0 spiro atoms. The number of halogens is 1. The van der Waals surface area contributed by atoms with Crippen molar-refractivity contribution >= 4 is 50.8 Å². The third-order valence-electron chi connectivity index (χ3n) is 4.33. The number of hydrogen-bond acceptors (Lipinski definition) is 5. The van der Waals surface area contributed by atoms with Crippen molar-refractivity contribution in [3.05, 3.63) is 94.2 Å². The molecule has 0 radical (unpaired) electrons. The van der Waals surface area contributed by atoms with Gasteiger partial charge in [-0.1, -0.05) is 22.0 Å². The Morgan fingerprint density at radius 2 is 1.77 bits per heavy atom. The van der Waals surface area contributed by atoms with Gasteiger partial charge in [0, 0.05) is 28.1 Å². The zero-order valence-electron chi connectivity index (χ0n) is 16.7. The average molecular weight is 498 g/mol. The quantitative estimate of drug-likeness (QED) is 0.391. The van der Waals surface area contributed by atoms with Crippen LogP contribution in [0.5, 0.6) is 0 Å². The number of ether oxygens (including phenoxy) is 1. The number of esters is 1. The fourth-order valence-electron chi connectivity index (χ4n) is 2.81. The van der Waals surface area contributed by atoms with E-state index >= 15 is 0 Å². The molecular weight excluding hydrogens is 478 g/mol. The zero-order valence-corrected chi connectivity index (χ0v) is 19.2. The number of pyridine rings is 1. The minimum absolute atomic E-state index is 0.241. The lowest BCUT2D eigenvalue weighted by molar-refractivity contribution is 0.0526. The molecule has 2 aromatic carbocycles. The van der Waals surface area contributed by atoms with Crippen LogP contribution in [-0.4, -0.2) is 28.6 Å². The third kappa shape index (κ3) is 6.19. The number of carbonyl (C=O) groups is 2. The van der Waals surface area contributed by atoms with Gasteiger partial charge < -0.3 is 9.64 Å². The van der Waals surface area contributed by atoms with E-state index in [1.54, 1.807) is 66.7 Å². The molecule has 0 fully saturated rings. The van der Waals surface area contributed by atoms with Crippen molar-refractivity contribution in [1.29, 1.82) is 0 Å². The number of carbonyl (C=O) groups excluding carboxylic acids is 2. The minimum Gasteiger partial charge on any atom is -0.462 e. The number of nitrogens with one attached hydrogen (secondary N) is 1. The van der Waals surface area contributed by atoms with Crippen LogP contribution in [0.15, 0.2) is 77.5 Å². The van der Waals surface area contributed by atoms with Crippen molar-refractivity contribution in [2.75, 3.05) is 11.5 Å². The number of thiocarbonyl (C=S) groups is 1. The number of anilines is 1. The first-order chi connectivity index (χ1) is 15.0. The highest BCUT2D eigenvalue weighted by molar-refractivity contribution is 9.10. The standard InChI is InChI=1S/C23H20BrN3O3S/c1-2-30-22(29)17-6-8-20(9-7-17)27(15-16-10-12-25-13-11-16)23(31)26-21(28)18-4-3-5-19(24)14-18/h3-14H,2,15H2,1H3,(H,26,28,31). The Morgan fingerprint density at radius 1 is 1.06 bits per heavy atom. The van der Waals surface area contributed by atoms with Crippen LogP contribution in [0.1, 0.15) is 33.2 Å². The van der Waals surface area contributed by atoms with Gasteiger partial charge in [0.15, 0.2) is 5.11 Å². The van der Waals surface area contributed by atoms with Gasteiger partial charge in [-0.3, -0.25) is 15.1 Å². The van der Waals surface area contributed by atoms with Gasteiger partial charge in [0.2, 0.25) is 0 Å². The van der Waals surface area contributed by atoms with Gasteiger partial charge >= 0.3 is 5.97 Å². The summed E-state index contributed by atoms with van der Waals surface area (Å²) in [6, 6.07) is 17.7. The first kappa shape index (κ1) is 22.6. The molecule has 0 atom stereocenters. The monoisotopic (exact) mass is 497 g/mol. The van der Waals surface area contributed by atoms with E-state index in [2.05, 4.69) is 26.2 Å². The van der Waals surface area contributed by atoms with Crippen LogP contribution in [0.3, 0.4) is 0 Å². The number of benzene rings is 2. The Morgan fingerprint density at radius 3 is 2.42 bits per heavy atom. The van der Waals surface area contributed by atoms with Gasteiger partial charge in [0.1, 0.15) is 0 Å². The fourth-order valence-corrected chi connectivity index (χ4v) is 3.47. The van der Waals surface area contributed by atoms with Gasteiger partial charge in [-0.05, 0) is 79.3 Å². The highest BCUT2D eigenvalue weighted by Crippen LogP contribution is 2.20. The van der Waals surface area contributed by atoms with Crippen LogP contribution < -0.4 is 10.2 Å². The van der Waals surface area contributed by atoms with Crippen molar-refractivity contribution < 1.29 is 14.3 Å². The van der Waals surface area contributed by atoms with Gasteiger partial charge in [-0.15, -0.1) is 0 Å². The van der Waals surface area contributed by atoms with E-state index in [1.165, 1.54) is 0 Å². The SMILES string of the molecule is CCOC(=O)c1ccc(N(Cc2ccncc2)C(=S)NC(=O)c2cccc(Br)c2)cc1. The second kappa shape index (κ2) is 10.8. The van der Waals surface area contributed by atoms with Crippen LogP contribution in [-0.2, 0) is 11.3 Å². The predicted molar refractivity (Wildman–Crippen MR) is 127 cm³/mol. The first-order valence-corrected chi connectivity index (χ1v) is 10.7. The summed E-state index contributed by atoms with van der Waals surface area (Å²) in [4.78, 5) is 30.5. The summed E-state index contributed by atoms with van der Waals surface area (Å²) in [5, 5.41) is 3.03. The summed E-state index contributed by atoms with van der Waals surface area (Å²) in [6.07, 6.45) is 3.39. The molecule has 0 aliphatic heterocycles. The smallest absolute Gasteiger partial charge is 0.338 e. The molecule has 0 aliphatic carbocycles. The molecule has 0 bridgehead atoms. The Hall–Kier alpha value is -3.10. The van der Waals surface area contributed by atoms with Crippen LogP contribution in [0.2, 0.25) is 0 Å². The Bertz CT molecular complexity index is 1070.